The molecular weight excluding hydrogens is 345 g/mol. The van der Waals surface area contributed by atoms with Crippen LogP contribution in [0.2, 0.25) is 10.0 Å². The van der Waals surface area contributed by atoms with Crippen molar-refractivity contribution in [2.75, 3.05) is 0 Å². The number of benzene rings is 1. The topological polar surface area (TPSA) is 55.4 Å². The smallest absolute Gasteiger partial charge is 0.350 e. The molecule has 22 heavy (non-hydrogen) atoms. The molecular formula is C15H13Cl2NO3S. The number of esters is 1. The number of carbonyl (C=O) groups excluding carboxylic acids is 2. The first-order chi connectivity index (χ1) is 10.5. The average Bonchev–Trinajstić information content (AvgIpc) is 3.22. The van der Waals surface area contributed by atoms with Crippen LogP contribution in [-0.4, -0.2) is 24.0 Å². The lowest BCUT2D eigenvalue weighted by Gasteiger charge is -2.12. The van der Waals surface area contributed by atoms with Crippen molar-refractivity contribution in [3.8, 4) is 0 Å². The van der Waals surface area contributed by atoms with Crippen molar-refractivity contribution in [3.05, 3.63) is 33.1 Å². The number of rotatable bonds is 4. The summed E-state index contributed by atoms with van der Waals surface area (Å²) >= 11 is 13.4. The maximum Gasteiger partial charge on any atom is 0.350 e. The van der Waals surface area contributed by atoms with Crippen LogP contribution >= 0.6 is 34.5 Å². The predicted octanol–water partition coefficient (Wildman–Crippen LogP) is 4.03. The molecule has 4 nitrogen and oxygen atoms in total. The number of ether oxygens (including phenoxy) is 1. The normalized spacial score (nSPS) is 15.6. The second-order valence-electron chi connectivity index (χ2n) is 5.22. The van der Waals surface area contributed by atoms with Gasteiger partial charge in [0, 0.05) is 21.2 Å². The Hall–Kier alpha value is -1.30. The van der Waals surface area contributed by atoms with E-state index in [0.29, 0.717) is 10.0 Å². The molecule has 1 aromatic carbocycles. The first kappa shape index (κ1) is 15.6. The average molecular weight is 358 g/mol. The summed E-state index contributed by atoms with van der Waals surface area (Å²) in [5, 5.41) is 4.45. The number of amides is 1. The summed E-state index contributed by atoms with van der Waals surface area (Å²) in [4.78, 5) is 24.3. The molecule has 1 aliphatic carbocycles. The minimum atomic E-state index is -0.849. The number of hydrogen-bond donors (Lipinski definition) is 1. The zero-order valence-corrected chi connectivity index (χ0v) is 14.0. The van der Waals surface area contributed by atoms with Crippen LogP contribution in [0, 0.1) is 0 Å². The van der Waals surface area contributed by atoms with E-state index >= 15 is 0 Å². The summed E-state index contributed by atoms with van der Waals surface area (Å²) in [6.45, 7) is 1.55. The molecule has 2 aromatic rings. The molecule has 1 aromatic heterocycles. The summed E-state index contributed by atoms with van der Waals surface area (Å²) < 4.78 is 6.01. The van der Waals surface area contributed by atoms with E-state index in [1.165, 1.54) is 11.3 Å². The Balaban J connectivity index is 1.76. The molecule has 0 radical (unpaired) electrons. The van der Waals surface area contributed by atoms with Crippen molar-refractivity contribution < 1.29 is 14.3 Å². The van der Waals surface area contributed by atoms with E-state index in [1.807, 2.05) is 0 Å². The maximum absolute atomic E-state index is 12.2. The molecule has 1 saturated carbocycles. The van der Waals surface area contributed by atoms with Gasteiger partial charge in [0.1, 0.15) is 4.88 Å². The van der Waals surface area contributed by atoms with Crippen molar-refractivity contribution >= 4 is 56.5 Å². The van der Waals surface area contributed by atoms with Gasteiger partial charge in [0.15, 0.2) is 6.10 Å². The molecule has 1 aliphatic rings. The molecule has 7 heteroatoms. The second kappa shape index (κ2) is 6.07. The standard InChI is InChI=1S/C15H13Cl2NO3S/c1-7(14(19)18-9-3-4-9)21-15(20)13-12(17)10-5-2-8(16)6-11(10)22-13/h2,5-7,9H,3-4H2,1H3,(H,18,19)/t7-/m1/s1. The third-order valence-corrected chi connectivity index (χ3v) is 5.23. The lowest BCUT2D eigenvalue weighted by molar-refractivity contribution is -0.129. The van der Waals surface area contributed by atoms with Gasteiger partial charge in [0.05, 0.1) is 5.02 Å². The summed E-state index contributed by atoms with van der Waals surface area (Å²) in [5.41, 5.74) is 0. The second-order valence-corrected chi connectivity index (χ2v) is 7.08. The van der Waals surface area contributed by atoms with E-state index in [1.54, 1.807) is 25.1 Å². The van der Waals surface area contributed by atoms with Crippen LogP contribution in [0.3, 0.4) is 0 Å². The lowest BCUT2D eigenvalue weighted by Crippen LogP contribution is -2.36. The summed E-state index contributed by atoms with van der Waals surface area (Å²) in [6.07, 6.45) is 1.11. The van der Waals surface area contributed by atoms with E-state index in [9.17, 15) is 9.59 Å². The Kier molecular flexibility index (Phi) is 4.30. The minimum Gasteiger partial charge on any atom is -0.448 e. The van der Waals surface area contributed by atoms with Gasteiger partial charge >= 0.3 is 5.97 Å². The fourth-order valence-corrected chi connectivity index (χ4v) is 3.65. The Morgan fingerprint density at radius 3 is 2.77 bits per heavy atom. The lowest BCUT2D eigenvalue weighted by atomic mass is 10.2. The Labute approximate surface area is 141 Å². The van der Waals surface area contributed by atoms with Gasteiger partial charge in [0.2, 0.25) is 0 Å². The predicted molar refractivity (Wildman–Crippen MR) is 87.9 cm³/mol. The maximum atomic E-state index is 12.2. The SMILES string of the molecule is C[C@@H](OC(=O)c1sc2cc(Cl)ccc2c1Cl)C(=O)NC1CC1. The highest BCUT2D eigenvalue weighted by molar-refractivity contribution is 7.21. The Bertz CT molecular complexity index is 755. The van der Waals surface area contributed by atoms with Gasteiger partial charge in [-0.2, -0.15) is 0 Å². The van der Waals surface area contributed by atoms with Crippen LogP contribution in [0.4, 0.5) is 0 Å². The number of hydrogen-bond acceptors (Lipinski definition) is 4. The highest BCUT2D eigenvalue weighted by atomic mass is 35.5. The molecule has 0 spiro atoms. The molecule has 1 heterocycles. The van der Waals surface area contributed by atoms with Crippen LogP contribution in [0.5, 0.6) is 0 Å². The third kappa shape index (κ3) is 3.21. The van der Waals surface area contributed by atoms with Crippen LogP contribution in [0.15, 0.2) is 18.2 Å². The van der Waals surface area contributed by atoms with E-state index in [2.05, 4.69) is 5.32 Å². The third-order valence-electron chi connectivity index (χ3n) is 3.35. The number of halogens is 2. The van der Waals surface area contributed by atoms with Gasteiger partial charge in [-0.3, -0.25) is 4.79 Å². The van der Waals surface area contributed by atoms with E-state index in [-0.39, 0.29) is 16.8 Å². The van der Waals surface area contributed by atoms with Crippen molar-refractivity contribution in [1.82, 2.24) is 5.32 Å². The van der Waals surface area contributed by atoms with Crippen molar-refractivity contribution in [1.29, 1.82) is 0 Å². The van der Waals surface area contributed by atoms with E-state index < -0.39 is 12.1 Å². The van der Waals surface area contributed by atoms with Crippen molar-refractivity contribution in [3.63, 3.8) is 0 Å². The van der Waals surface area contributed by atoms with Gasteiger partial charge in [-0.05, 0) is 31.9 Å². The first-order valence-corrected chi connectivity index (χ1v) is 8.42. The molecule has 116 valence electrons. The van der Waals surface area contributed by atoms with Crippen LogP contribution in [0.1, 0.15) is 29.4 Å². The van der Waals surface area contributed by atoms with Crippen molar-refractivity contribution in [2.45, 2.75) is 31.9 Å². The number of carbonyl (C=O) groups is 2. The van der Waals surface area contributed by atoms with Crippen LogP contribution in [0.25, 0.3) is 10.1 Å². The fourth-order valence-electron chi connectivity index (χ4n) is 1.98. The van der Waals surface area contributed by atoms with Gasteiger partial charge in [0.25, 0.3) is 5.91 Å². The van der Waals surface area contributed by atoms with Gasteiger partial charge in [-0.1, -0.05) is 29.3 Å². The number of nitrogens with one attached hydrogen (secondary N) is 1. The number of thiophene rings is 1. The molecule has 1 N–H and O–H groups in total. The Morgan fingerprint density at radius 2 is 2.09 bits per heavy atom. The highest BCUT2D eigenvalue weighted by Gasteiger charge is 2.28. The van der Waals surface area contributed by atoms with Crippen LogP contribution in [-0.2, 0) is 9.53 Å². The monoisotopic (exact) mass is 357 g/mol. The summed E-state index contributed by atoms with van der Waals surface area (Å²) in [6, 6.07) is 5.44. The zero-order chi connectivity index (χ0) is 15.9. The van der Waals surface area contributed by atoms with E-state index in [4.69, 9.17) is 27.9 Å². The van der Waals surface area contributed by atoms with Crippen LogP contribution < -0.4 is 5.32 Å². The van der Waals surface area contributed by atoms with Gasteiger partial charge in [-0.15, -0.1) is 11.3 Å². The molecule has 0 aliphatic heterocycles. The van der Waals surface area contributed by atoms with E-state index in [0.717, 1.165) is 22.9 Å². The largest absolute Gasteiger partial charge is 0.448 e. The highest BCUT2D eigenvalue weighted by Crippen LogP contribution is 2.37. The van der Waals surface area contributed by atoms with Crippen molar-refractivity contribution in [2.24, 2.45) is 0 Å². The first-order valence-electron chi connectivity index (χ1n) is 6.84. The molecule has 0 saturated heterocycles. The molecule has 1 fully saturated rings. The fraction of sp³-hybridized carbons (Fsp3) is 0.333. The molecule has 3 rings (SSSR count). The summed E-state index contributed by atoms with van der Waals surface area (Å²) in [5.74, 6) is -0.878. The van der Waals surface area contributed by atoms with Gasteiger partial charge in [-0.25, -0.2) is 4.79 Å². The summed E-state index contributed by atoms with van der Waals surface area (Å²) in [7, 11) is 0. The molecule has 1 atom stereocenters. The van der Waals surface area contributed by atoms with Gasteiger partial charge < -0.3 is 10.1 Å². The molecule has 0 bridgehead atoms. The molecule has 1 amide bonds. The Morgan fingerprint density at radius 1 is 1.36 bits per heavy atom. The quantitative estimate of drug-likeness (QED) is 0.840. The zero-order valence-electron chi connectivity index (χ0n) is 11.7. The number of fused-ring (bicyclic) bond motifs is 1. The minimum absolute atomic E-state index is 0.226. The molecule has 0 unspecified atom stereocenters.